The number of anilines is 2. The number of pyridine rings is 1. The second-order valence-electron chi connectivity index (χ2n) is 9.67. The van der Waals surface area contributed by atoms with Crippen LogP contribution in [0.1, 0.15) is 31.9 Å². The molecule has 214 valence electrons. The Bertz CT molecular complexity index is 1530. The molecule has 0 atom stereocenters. The molecule has 0 aliphatic carbocycles. The number of hydrogen-bond acceptors (Lipinski definition) is 9. The molecule has 0 fully saturated rings. The number of nitrogens with one attached hydrogen (secondary N) is 2. The average Bonchev–Trinajstić information content (AvgIpc) is 2.87. The van der Waals surface area contributed by atoms with Crippen molar-refractivity contribution < 1.29 is 36.4 Å². The van der Waals surface area contributed by atoms with Crippen molar-refractivity contribution in [3.8, 4) is 11.8 Å². The fourth-order valence-corrected chi connectivity index (χ4v) is 4.19. The predicted molar refractivity (Wildman–Crippen MR) is 153 cm³/mol. The van der Waals surface area contributed by atoms with E-state index in [1.165, 1.54) is 26.4 Å². The standard InChI is InChI=1S/C28H33N3O8S/c1-28(2,3)39-27(33)30-23-17-22(21(15-16-38-40(6,34)35)19-9-7-8-10-20(19)23)29-24(32)13-11-18-12-14-25(36-4)31-26(18)37-5/h7-14,17H,15-16H2,1-6H3,(H,29,32)(H,30,33). The number of aromatic nitrogens is 1. The summed E-state index contributed by atoms with van der Waals surface area (Å²) in [5.41, 5.74) is 1.21. The lowest BCUT2D eigenvalue weighted by Crippen LogP contribution is -2.27. The molecule has 2 aromatic carbocycles. The maximum absolute atomic E-state index is 13.0. The monoisotopic (exact) mass is 571 g/mol. The van der Waals surface area contributed by atoms with Crippen LogP contribution in [-0.2, 0) is 30.3 Å². The van der Waals surface area contributed by atoms with Gasteiger partial charge in [-0.1, -0.05) is 24.3 Å². The van der Waals surface area contributed by atoms with Gasteiger partial charge in [-0.15, -0.1) is 0 Å². The Balaban J connectivity index is 2.00. The maximum Gasteiger partial charge on any atom is 0.412 e. The summed E-state index contributed by atoms with van der Waals surface area (Å²) in [5.74, 6) is 0.152. The van der Waals surface area contributed by atoms with E-state index in [1.54, 1.807) is 57.2 Å². The first-order chi connectivity index (χ1) is 18.8. The van der Waals surface area contributed by atoms with Crippen LogP contribution in [0.3, 0.4) is 0 Å². The van der Waals surface area contributed by atoms with Crippen LogP contribution in [-0.4, -0.2) is 58.1 Å². The third-order valence-electron chi connectivity index (χ3n) is 5.38. The van der Waals surface area contributed by atoms with E-state index >= 15 is 0 Å². The number of rotatable bonds is 10. The molecule has 2 N–H and O–H groups in total. The number of methoxy groups -OCH3 is 2. The fourth-order valence-electron chi connectivity index (χ4n) is 3.81. The molecule has 12 heteroatoms. The van der Waals surface area contributed by atoms with Crippen molar-refractivity contribution in [1.82, 2.24) is 4.98 Å². The van der Waals surface area contributed by atoms with Crippen molar-refractivity contribution in [2.45, 2.75) is 32.8 Å². The zero-order chi connectivity index (χ0) is 29.5. The molecule has 0 aliphatic heterocycles. The minimum Gasteiger partial charge on any atom is -0.481 e. The average molecular weight is 572 g/mol. The van der Waals surface area contributed by atoms with Gasteiger partial charge in [-0.2, -0.15) is 13.4 Å². The summed E-state index contributed by atoms with van der Waals surface area (Å²) in [6.07, 6.45) is 3.31. The molecule has 0 bridgehead atoms. The smallest absolute Gasteiger partial charge is 0.412 e. The number of amides is 2. The number of benzene rings is 2. The highest BCUT2D eigenvalue weighted by Gasteiger charge is 2.20. The van der Waals surface area contributed by atoms with Gasteiger partial charge in [-0.25, -0.2) is 4.79 Å². The Hall–Kier alpha value is -4.16. The Labute approximate surface area is 233 Å². The Morgan fingerprint density at radius 3 is 2.30 bits per heavy atom. The normalized spacial score (nSPS) is 11.8. The molecule has 1 heterocycles. The molecule has 0 aliphatic rings. The van der Waals surface area contributed by atoms with E-state index < -0.39 is 27.7 Å². The lowest BCUT2D eigenvalue weighted by molar-refractivity contribution is -0.111. The maximum atomic E-state index is 13.0. The molecule has 0 spiro atoms. The van der Waals surface area contributed by atoms with Crippen molar-refractivity contribution in [2.75, 3.05) is 37.7 Å². The van der Waals surface area contributed by atoms with Gasteiger partial charge >= 0.3 is 6.09 Å². The summed E-state index contributed by atoms with van der Waals surface area (Å²) in [6.45, 7) is 5.11. The van der Waals surface area contributed by atoms with Crippen molar-refractivity contribution in [1.29, 1.82) is 0 Å². The first-order valence-corrected chi connectivity index (χ1v) is 14.1. The molecule has 1 aromatic heterocycles. The predicted octanol–water partition coefficient (Wildman–Crippen LogP) is 4.77. The third kappa shape index (κ3) is 8.68. The van der Waals surface area contributed by atoms with Crippen LogP contribution in [0.15, 0.2) is 48.5 Å². The SMILES string of the molecule is COc1ccc(C=CC(=O)Nc2cc(NC(=O)OC(C)(C)C)c3ccccc3c2CCOS(C)(=O)=O)c(OC)n1. The van der Waals surface area contributed by atoms with Crippen LogP contribution in [0.25, 0.3) is 16.8 Å². The Kier molecular flexibility index (Phi) is 9.72. The minimum atomic E-state index is -3.67. The third-order valence-corrected chi connectivity index (χ3v) is 5.97. The molecular formula is C28H33N3O8S. The molecular weight excluding hydrogens is 538 g/mol. The Morgan fingerprint density at radius 2 is 1.68 bits per heavy atom. The van der Waals surface area contributed by atoms with Gasteiger partial charge in [0.25, 0.3) is 10.1 Å². The summed E-state index contributed by atoms with van der Waals surface area (Å²) < 4.78 is 43.9. The van der Waals surface area contributed by atoms with Crippen molar-refractivity contribution in [3.63, 3.8) is 0 Å². The van der Waals surface area contributed by atoms with Gasteiger partial charge in [0.15, 0.2) is 0 Å². The van der Waals surface area contributed by atoms with Crippen LogP contribution < -0.4 is 20.1 Å². The summed E-state index contributed by atoms with van der Waals surface area (Å²) in [4.78, 5) is 29.8. The first-order valence-electron chi connectivity index (χ1n) is 12.3. The van der Waals surface area contributed by atoms with Crippen LogP contribution in [0, 0.1) is 0 Å². The fraction of sp³-hybridized carbons (Fsp3) is 0.321. The van der Waals surface area contributed by atoms with E-state index in [0.717, 1.165) is 6.26 Å². The second kappa shape index (κ2) is 12.8. The summed E-state index contributed by atoms with van der Waals surface area (Å²) in [6, 6.07) is 12.1. The molecule has 0 saturated heterocycles. The quantitative estimate of drug-likeness (QED) is 0.260. The molecule has 3 rings (SSSR count). The lowest BCUT2D eigenvalue weighted by Gasteiger charge is -2.21. The van der Waals surface area contributed by atoms with E-state index in [4.69, 9.17) is 18.4 Å². The molecule has 0 saturated carbocycles. The van der Waals surface area contributed by atoms with Crippen molar-refractivity contribution in [3.05, 3.63) is 59.7 Å². The van der Waals surface area contributed by atoms with Gasteiger partial charge in [0, 0.05) is 28.8 Å². The van der Waals surface area contributed by atoms with Crippen LogP contribution in [0.4, 0.5) is 16.2 Å². The molecule has 40 heavy (non-hydrogen) atoms. The molecule has 3 aromatic rings. The number of fused-ring (bicyclic) bond motifs is 1. The van der Waals surface area contributed by atoms with Crippen LogP contribution in [0.5, 0.6) is 11.8 Å². The highest BCUT2D eigenvalue weighted by molar-refractivity contribution is 7.85. The largest absolute Gasteiger partial charge is 0.481 e. The number of hydrogen-bond donors (Lipinski definition) is 2. The summed E-state index contributed by atoms with van der Waals surface area (Å²) in [7, 11) is -0.733. The number of carbonyl (C=O) groups excluding carboxylic acids is 2. The van der Waals surface area contributed by atoms with Gasteiger partial charge in [0.05, 0.1) is 32.8 Å². The molecule has 2 amide bonds. The van der Waals surface area contributed by atoms with E-state index in [1.807, 2.05) is 6.07 Å². The summed E-state index contributed by atoms with van der Waals surface area (Å²) in [5, 5.41) is 6.95. The molecule has 0 radical (unpaired) electrons. The first kappa shape index (κ1) is 30.4. The van der Waals surface area contributed by atoms with Crippen LogP contribution >= 0.6 is 0 Å². The zero-order valence-electron chi connectivity index (χ0n) is 23.2. The molecule has 11 nitrogen and oxygen atoms in total. The number of nitrogens with zero attached hydrogens (tertiary/aromatic N) is 1. The Morgan fingerprint density at radius 1 is 0.975 bits per heavy atom. The van der Waals surface area contributed by atoms with Gasteiger partial charge in [-0.3, -0.25) is 14.3 Å². The van der Waals surface area contributed by atoms with Crippen LogP contribution in [0.2, 0.25) is 0 Å². The lowest BCUT2D eigenvalue weighted by atomic mass is 9.98. The van der Waals surface area contributed by atoms with E-state index in [2.05, 4.69) is 15.6 Å². The highest BCUT2D eigenvalue weighted by atomic mass is 32.2. The van der Waals surface area contributed by atoms with E-state index in [0.29, 0.717) is 39.2 Å². The highest BCUT2D eigenvalue weighted by Crippen LogP contribution is 2.34. The van der Waals surface area contributed by atoms with Gasteiger partial charge < -0.3 is 19.5 Å². The van der Waals surface area contributed by atoms with Crippen molar-refractivity contribution >= 4 is 50.3 Å². The van der Waals surface area contributed by atoms with Gasteiger partial charge in [-0.05, 0) is 56.4 Å². The van der Waals surface area contributed by atoms with E-state index in [-0.39, 0.29) is 18.9 Å². The van der Waals surface area contributed by atoms with Crippen molar-refractivity contribution in [2.24, 2.45) is 0 Å². The van der Waals surface area contributed by atoms with E-state index in [9.17, 15) is 18.0 Å². The zero-order valence-corrected chi connectivity index (χ0v) is 24.0. The minimum absolute atomic E-state index is 0.144. The topological polar surface area (TPSA) is 142 Å². The molecule has 0 unspecified atom stereocenters. The number of ether oxygens (including phenoxy) is 3. The number of carbonyl (C=O) groups is 2. The van der Waals surface area contributed by atoms with Gasteiger partial charge in [0.2, 0.25) is 17.7 Å². The van der Waals surface area contributed by atoms with Gasteiger partial charge in [0.1, 0.15) is 5.60 Å². The second-order valence-corrected chi connectivity index (χ2v) is 11.3. The summed E-state index contributed by atoms with van der Waals surface area (Å²) >= 11 is 0.